The Balaban J connectivity index is 1.46. The predicted molar refractivity (Wildman–Crippen MR) is 127 cm³/mol. The molecule has 1 aliphatic heterocycles. The zero-order valence-electron chi connectivity index (χ0n) is 18.2. The number of aromatic nitrogens is 1. The number of aromatic amines is 1. The normalized spacial score (nSPS) is 16.4. The van der Waals surface area contributed by atoms with Crippen LogP contribution in [0.5, 0.6) is 0 Å². The number of fused-ring (bicyclic) bond motifs is 2. The molecular weight excluding hydrogens is 452 g/mol. The lowest BCUT2D eigenvalue weighted by atomic mass is 9.97. The first-order valence-corrected chi connectivity index (χ1v) is 12.2. The molecule has 0 fully saturated rings. The zero-order valence-corrected chi connectivity index (χ0v) is 19.0. The Bertz CT molecular complexity index is 1500. The first-order chi connectivity index (χ1) is 16.4. The van der Waals surface area contributed by atoms with Crippen LogP contribution in [0.15, 0.2) is 90.0 Å². The van der Waals surface area contributed by atoms with E-state index in [9.17, 15) is 18.0 Å². The summed E-state index contributed by atoms with van der Waals surface area (Å²) < 4.78 is 25.0. The van der Waals surface area contributed by atoms with Gasteiger partial charge in [0.1, 0.15) is 6.04 Å². The van der Waals surface area contributed by atoms with Gasteiger partial charge in [-0.1, -0.05) is 54.6 Å². The van der Waals surface area contributed by atoms with Crippen LogP contribution in [0.4, 0.5) is 0 Å². The lowest BCUT2D eigenvalue weighted by Crippen LogP contribution is -2.52. The number of carbonyl (C=O) groups is 2. The van der Waals surface area contributed by atoms with Gasteiger partial charge < -0.3 is 9.88 Å². The van der Waals surface area contributed by atoms with Gasteiger partial charge in [0.15, 0.2) is 0 Å². The monoisotopic (exact) mass is 474 g/mol. The third-order valence-corrected chi connectivity index (χ3v) is 7.34. The van der Waals surface area contributed by atoms with E-state index in [0.717, 1.165) is 22.0 Å². The summed E-state index contributed by atoms with van der Waals surface area (Å²) in [5.74, 6) is -0.940. The van der Waals surface area contributed by atoms with Crippen molar-refractivity contribution < 1.29 is 18.0 Å². The van der Waals surface area contributed by atoms with Crippen LogP contribution >= 0.6 is 0 Å². The number of hydrogen-bond acceptors (Lipinski definition) is 4. The van der Waals surface area contributed by atoms with E-state index >= 15 is 0 Å². The van der Waals surface area contributed by atoms with Crippen LogP contribution in [0.25, 0.3) is 10.9 Å². The van der Waals surface area contributed by atoms with Crippen LogP contribution in [0.2, 0.25) is 0 Å². The fourth-order valence-electron chi connectivity index (χ4n) is 4.38. The molecule has 0 saturated carbocycles. The van der Waals surface area contributed by atoms with Gasteiger partial charge in [-0.25, -0.2) is 8.42 Å². The van der Waals surface area contributed by atoms with Gasteiger partial charge in [-0.15, -0.1) is 4.83 Å². The lowest BCUT2D eigenvalue weighted by molar-refractivity contribution is -0.126. The van der Waals surface area contributed by atoms with Crippen LogP contribution in [0.1, 0.15) is 34.5 Å². The third-order valence-electron chi connectivity index (χ3n) is 6.07. The molecule has 1 aromatic heterocycles. The summed E-state index contributed by atoms with van der Waals surface area (Å²) in [4.78, 5) is 33.3. The van der Waals surface area contributed by atoms with E-state index in [1.165, 1.54) is 17.0 Å². The molecule has 2 atom stereocenters. The van der Waals surface area contributed by atoms with Crippen LogP contribution in [-0.2, 0) is 14.8 Å². The van der Waals surface area contributed by atoms with E-state index in [1.54, 1.807) is 37.3 Å². The number of benzene rings is 3. The quantitative estimate of drug-likeness (QED) is 0.373. The van der Waals surface area contributed by atoms with Crippen molar-refractivity contribution in [3.8, 4) is 0 Å². The molecule has 0 spiro atoms. The Morgan fingerprint density at radius 1 is 0.941 bits per heavy atom. The summed E-state index contributed by atoms with van der Waals surface area (Å²) in [5.41, 5.74) is 5.36. The number of nitrogens with zero attached hydrogens (tertiary/aromatic N) is 1. The van der Waals surface area contributed by atoms with Gasteiger partial charge in [-0.3, -0.25) is 15.0 Å². The summed E-state index contributed by atoms with van der Waals surface area (Å²) in [6.07, 6.45) is 1.85. The number of para-hydroxylation sites is 1. The smallest absolute Gasteiger partial charge is 0.257 e. The van der Waals surface area contributed by atoms with E-state index in [-0.39, 0.29) is 10.8 Å². The van der Waals surface area contributed by atoms with Crippen molar-refractivity contribution >= 4 is 32.7 Å². The number of hydrogen-bond donors (Lipinski definition) is 3. The second kappa shape index (κ2) is 8.44. The number of H-pyrrole nitrogens is 1. The number of carbonyl (C=O) groups excluding carboxylic acids is 2. The van der Waals surface area contributed by atoms with E-state index in [0.29, 0.717) is 5.56 Å². The molecule has 0 bridgehead atoms. The average molecular weight is 475 g/mol. The van der Waals surface area contributed by atoms with Crippen molar-refractivity contribution in [3.05, 3.63) is 102 Å². The molecule has 5 rings (SSSR count). The maximum absolute atomic E-state index is 13.4. The summed E-state index contributed by atoms with van der Waals surface area (Å²) in [6, 6.07) is 21.2. The molecule has 2 amide bonds. The molecule has 9 heteroatoms. The number of sulfonamides is 1. The molecule has 2 heterocycles. The Labute approximate surface area is 196 Å². The van der Waals surface area contributed by atoms with Gasteiger partial charge in [0.25, 0.3) is 21.8 Å². The molecule has 0 radical (unpaired) electrons. The van der Waals surface area contributed by atoms with Crippen LogP contribution in [-0.4, -0.2) is 36.2 Å². The SMILES string of the molecule is C[C@H](C(=O)NNS(=O)(=O)c1ccccc1)N1C(=O)c2ccccc2[C@@H]1c1c[nH]c2ccccc12. The molecule has 34 heavy (non-hydrogen) atoms. The highest BCUT2D eigenvalue weighted by molar-refractivity contribution is 7.89. The molecule has 0 unspecified atom stereocenters. The Morgan fingerprint density at radius 3 is 2.41 bits per heavy atom. The van der Waals surface area contributed by atoms with Gasteiger partial charge in [0.05, 0.1) is 10.9 Å². The van der Waals surface area contributed by atoms with Crippen molar-refractivity contribution in [1.82, 2.24) is 20.1 Å². The molecule has 0 aliphatic carbocycles. The Kier molecular flexibility index (Phi) is 5.43. The maximum Gasteiger partial charge on any atom is 0.257 e. The molecule has 172 valence electrons. The third kappa shape index (κ3) is 3.64. The highest BCUT2D eigenvalue weighted by Gasteiger charge is 2.43. The minimum Gasteiger partial charge on any atom is -0.361 e. The largest absolute Gasteiger partial charge is 0.361 e. The summed E-state index contributed by atoms with van der Waals surface area (Å²) in [6.45, 7) is 1.58. The minimum absolute atomic E-state index is 0.0178. The minimum atomic E-state index is -3.96. The number of nitrogens with one attached hydrogen (secondary N) is 3. The summed E-state index contributed by atoms with van der Waals surface area (Å²) in [7, 11) is -3.96. The molecule has 4 aromatic rings. The fourth-order valence-corrected chi connectivity index (χ4v) is 5.25. The molecule has 0 saturated heterocycles. The van der Waals surface area contributed by atoms with Crippen LogP contribution in [0, 0.1) is 0 Å². The van der Waals surface area contributed by atoms with E-state index < -0.39 is 28.0 Å². The standard InChI is InChI=1S/C25H22N4O4S/c1-16(24(30)27-28-34(32,33)17-9-3-2-4-10-17)29-23(19-12-5-6-13-20(19)25(29)31)21-15-26-22-14-8-7-11-18(21)22/h2-16,23,26,28H,1H3,(H,27,30)/t16-,23-/m1/s1. The molecular formula is C25H22N4O4S. The van der Waals surface area contributed by atoms with Gasteiger partial charge in [0, 0.05) is 28.2 Å². The van der Waals surface area contributed by atoms with Gasteiger partial charge in [-0.2, -0.15) is 0 Å². The van der Waals surface area contributed by atoms with Crippen molar-refractivity contribution in [2.75, 3.05) is 0 Å². The second-order valence-electron chi connectivity index (χ2n) is 8.08. The summed E-state index contributed by atoms with van der Waals surface area (Å²) in [5, 5.41) is 0.944. The zero-order chi connectivity index (χ0) is 23.9. The topological polar surface area (TPSA) is 111 Å². The maximum atomic E-state index is 13.4. The Hall–Kier alpha value is -3.95. The second-order valence-corrected chi connectivity index (χ2v) is 9.76. The highest BCUT2D eigenvalue weighted by Crippen LogP contribution is 2.42. The van der Waals surface area contributed by atoms with Crippen LogP contribution in [0.3, 0.4) is 0 Å². The van der Waals surface area contributed by atoms with E-state index in [1.807, 2.05) is 42.6 Å². The summed E-state index contributed by atoms with van der Waals surface area (Å²) >= 11 is 0. The lowest BCUT2D eigenvalue weighted by Gasteiger charge is -2.30. The van der Waals surface area contributed by atoms with Crippen molar-refractivity contribution in [2.45, 2.75) is 23.9 Å². The molecule has 8 nitrogen and oxygen atoms in total. The predicted octanol–water partition coefficient (Wildman–Crippen LogP) is 3.11. The van der Waals surface area contributed by atoms with Gasteiger partial charge in [0.2, 0.25) is 0 Å². The van der Waals surface area contributed by atoms with Crippen LogP contribution < -0.4 is 10.3 Å². The van der Waals surface area contributed by atoms with E-state index in [2.05, 4.69) is 15.2 Å². The van der Waals surface area contributed by atoms with Crippen molar-refractivity contribution in [1.29, 1.82) is 0 Å². The first-order valence-electron chi connectivity index (χ1n) is 10.7. The number of amides is 2. The molecule has 1 aliphatic rings. The molecule has 3 N–H and O–H groups in total. The van der Waals surface area contributed by atoms with Crippen molar-refractivity contribution in [3.63, 3.8) is 0 Å². The number of rotatable bonds is 6. The number of hydrazine groups is 1. The van der Waals surface area contributed by atoms with Gasteiger partial charge >= 0.3 is 0 Å². The van der Waals surface area contributed by atoms with E-state index in [4.69, 9.17) is 0 Å². The highest BCUT2D eigenvalue weighted by atomic mass is 32.2. The average Bonchev–Trinajstić information content (AvgIpc) is 3.41. The van der Waals surface area contributed by atoms with Gasteiger partial charge in [-0.05, 0) is 36.8 Å². The first kappa shape index (κ1) is 21.9. The van der Waals surface area contributed by atoms with Crippen molar-refractivity contribution in [2.24, 2.45) is 0 Å². The fraction of sp³-hybridized carbons (Fsp3) is 0.120. The Morgan fingerprint density at radius 2 is 1.62 bits per heavy atom. The molecule has 3 aromatic carbocycles.